The molecule has 0 bridgehead atoms. The quantitative estimate of drug-likeness (QED) is 0.532. The summed E-state index contributed by atoms with van der Waals surface area (Å²) in [6.07, 6.45) is 14.9. The van der Waals surface area contributed by atoms with Crippen molar-refractivity contribution < 1.29 is 5.11 Å². The van der Waals surface area contributed by atoms with Crippen LogP contribution in [-0.2, 0) is 0 Å². The van der Waals surface area contributed by atoms with Crippen LogP contribution >= 0.6 is 0 Å². The van der Waals surface area contributed by atoms with Gasteiger partial charge in [-0.15, -0.1) is 0 Å². The Morgan fingerprint density at radius 2 is 1.26 bits per heavy atom. The average Bonchev–Trinajstić information content (AvgIpc) is 2.38. The van der Waals surface area contributed by atoms with E-state index in [0.29, 0.717) is 0 Å². The maximum Gasteiger partial charge on any atom is 0.0897 e. The van der Waals surface area contributed by atoms with Gasteiger partial charge >= 0.3 is 0 Å². The summed E-state index contributed by atoms with van der Waals surface area (Å²) >= 11 is 0. The highest BCUT2D eigenvalue weighted by Gasteiger charge is 2.38. The largest absolute Gasteiger partial charge is 0.387 e. The van der Waals surface area contributed by atoms with Gasteiger partial charge < -0.3 is 5.11 Å². The lowest BCUT2D eigenvalue weighted by Gasteiger charge is -2.46. The molecule has 1 N–H and O–H groups in total. The number of rotatable bonds is 12. The number of hydrogen-bond acceptors (Lipinski definition) is 2. The SMILES string of the molecule is CCCCCCCCCCCCN1CC(O)(CC)C1. The molecule has 0 aromatic carbocycles. The Morgan fingerprint density at radius 1 is 0.789 bits per heavy atom. The molecule has 2 nitrogen and oxygen atoms in total. The lowest BCUT2D eigenvalue weighted by molar-refractivity contribution is -0.0995. The molecule has 0 aromatic rings. The molecule has 0 radical (unpaired) electrons. The maximum atomic E-state index is 9.91. The fraction of sp³-hybridized carbons (Fsp3) is 1.00. The minimum absolute atomic E-state index is 0.349. The van der Waals surface area contributed by atoms with E-state index >= 15 is 0 Å². The van der Waals surface area contributed by atoms with E-state index in [-0.39, 0.29) is 5.60 Å². The van der Waals surface area contributed by atoms with Crippen molar-refractivity contribution >= 4 is 0 Å². The Hall–Kier alpha value is -0.0800. The van der Waals surface area contributed by atoms with E-state index in [0.717, 1.165) is 19.5 Å². The fourth-order valence-corrected chi connectivity index (χ4v) is 2.99. The molecule has 1 saturated heterocycles. The van der Waals surface area contributed by atoms with E-state index in [2.05, 4.69) is 18.7 Å². The molecule has 0 atom stereocenters. The van der Waals surface area contributed by atoms with Crippen LogP contribution in [0.5, 0.6) is 0 Å². The summed E-state index contributed by atoms with van der Waals surface area (Å²) in [7, 11) is 0. The molecule has 0 saturated carbocycles. The van der Waals surface area contributed by atoms with Gasteiger partial charge in [-0.1, -0.05) is 71.6 Å². The standard InChI is InChI=1S/C17H35NO/c1-3-5-6-7-8-9-10-11-12-13-14-18-15-17(19,4-2)16-18/h19H,3-16H2,1-2H3. The van der Waals surface area contributed by atoms with E-state index in [1.807, 2.05) is 0 Å². The first-order valence-electron chi connectivity index (χ1n) is 8.65. The van der Waals surface area contributed by atoms with Crippen LogP contribution in [0.2, 0.25) is 0 Å². The van der Waals surface area contributed by atoms with Crippen LogP contribution in [0.4, 0.5) is 0 Å². The number of β-amino-alcohol motifs (C(OH)–C–C–N with tert-alkyl or cyclic N) is 1. The van der Waals surface area contributed by atoms with Gasteiger partial charge in [0, 0.05) is 13.1 Å². The van der Waals surface area contributed by atoms with Gasteiger partial charge in [0.25, 0.3) is 0 Å². The first-order valence-corrected chi connectivity index (χ1v) is 8.65. The summed E-state index contributed by atoms with van der Waals surface area (Å²) in [5.41, 5.74) is -0.349. The molecule has 1 aliphatic heterocycles. The van der Waals surface area contributed by atoms with E-state index in [4.69, 9.17) is 0 Å². The van der Waals surface area contributed by atoms with Gasteiger partial charge in [0.15, 0.2) is 0 Å². The van der Waals surface area contributed by atoms with Crippen molar-refractivity contribution in [2.45, 2.75) is 90.1 Å². The summed E-state index contributed by atoms with van der Waals surface area (Å²) in [5, 5.41) is 9.91. The van der Waals surface area contributed by atoms with Crippen LogP contribution in [0.3, 0.4) is 0 Å². The molecular formula is C17H35NO. The minimum atomic E-state index is -0.349. The van der Waals surface area contributed by atoms with Crippen LogP contribution in [-0.4, -0.2) is 35.2 Å². The predicted molar refractivity (Wildman–Crippen MR) is 83.5 cm³/mol. The molecule has 1 aliphatic rings. The third kappa shape index (κ3) is 7.31. The van der Waals surface area contributed by atoms with Crippen molar-refractivity contribution in [1.29, 1.82) is 0 Å². The normalized spacial score (nSPS) is 18.5. The fourth-order valence-electron chi connectivity index (χ4n) is 2.99. The summed E-state index contributed by atoms with van der Waals surface area (Å²) in [4.78, 5) is 2.40. The van der Waals surface area contributed by atoms with Gasteiger partial charge in [0.2, 0.25) is 0 Å². The number of unbranched alkanes of at least 4 members (excludes halogenated alkanes) is 9. The highest BCUT2D eigenvalue weighted by atomic mass is 16.3. The first-order chi connectivity index (χ1) is 9.20. The zero-order valence-electron chi connectivity index (χ0n) is 13.3. The molecule has 0 spiro atoms. The summed E-state index contributed by atoms with van der Waals surface area (Å²) < 4.78 is 0. The summed E-state index contributed by atoms with van der Waals surface area (Å²) in [6, 6.07) is 0. The van der Waals surface area contributed by atoms with Gasteiger partial charge in [0.05, 0.1) is 5.60 Å². The topological polar surface area (TPSA) is 23.5 Å². The highest BCUT2D eigenvalue weighted by Crippen LogP contribution is 2.24. The van der Waals surface area contributed by atoms with Crippen LogP contribution in [0.25, 0.3) is 0 Å². The number of hydrogen-bond donors (Lipinski definition) is 1. The molecule has 2 heteroatoms. The summed E-state index contributed by atoms with van der Waals surface area (Å²) in [6.45, 7) is 7.36. The second kappa shape index (κ2) is 9.77. The third-order valence-electron chi connectivity index (χ3n) is 4.52. The maximum absolute atomic E-state index is 9.91. The Balaban J connectivity index is 1.75. The lowest BCUT2D eigenvalue weighted by Crippen LogP contribution is -2.61. The van der Waals surface area contributed by atoms with Crippen molar-refractivity contribution in [2.75, 3.05) is 19.6 Å². The van der Waals surface area contributed by atoms with Gasteiger partial charge in [0.1, 0.15) is 0 Å². The lowest BCUT2D eigenvalue weighted by atomic mass is 9.91. The molecule has 0 aliphatic carbocycles. The number of aliphatic hydroxyl groups is 1. The van der Waals surface area contributed by atoms with E-state index < -0.39 is 0 Å². The third-order valence-corrected chi connectivity index (χ3v) is 4.52. The number of likely N-dealkylation sites (tertiary alicyclic amines) is 1. The van der Waals surface area contributed by atoms with Crippen LogP contribution in [0, 0.1) is 0 Å². The van der Waals surface area contributed by atoms with Crippen molar-refractivity contribution in [1.82, 2.24) is 4.90 Å². The first kappa shape index (κ1) is 17.0. The van der Waals surface area contributed by atoms with Crippen molar-refractivity contribution in [3.63, 3.8) is 0 Å². The smallest absolute Gasteiger partial charge is 0.0897 e. The van der Waals surface area contributed by atoms with Gasteiger partial charge in [-0.2, -0.15) is 0 Å². The second-order valence-corrected chi connectivity index (χ2v) is 6.47. The van der Waals surface area contributed by atoms with Crippen molar-refractivity contribution in [3.8, 4) is 0 Å². The molecule has 0 aromatic heterocycles. The van der Waals surface area contributed by atoms with Gasteiger partial charge in [-0.25, -0.2) is 0 Å². The zero-order valence-corrected chi connectivity index (χ0v) is 13.3. The van der Waals surface area contributed by atoms with E-state index in [1.54, 1.807) is 0 Å². The zero-order chi connectivity index (χ0) is 14.0. The molecule has 1 fully saturated rings. The average molecular weight is 269 g/mol. The molecule has 1 heterocycles. The molecule has 0 amide bonds. The van der Waals surface area contributed by atoms with Crippen LogP contribution < -0.4 is 0 Å². The molecule has 0 unspecified atom stereocenters. The predicted octanol–water partition coefficient (Wildman–Crippen LogP) is 4.36. The van der Waals surface area contributed by atoms with Gasteiger partial charge in [-0.3, -0.25) is 4.90 Å². The molecule has 114 valence electrons. The second-order valence-electron chi connectivity index (χ2n) is 6.47. The Kier molecular flexibility index (Phi) is 8.72. The summed E-state index contributed by atoms with van der Waals surface area (Å²) in [5.74, 6) is 0. The monoisotopic (exact) mass is 269 g/mol. The number of nitrogens with zero attached hydrogens (tertiary/aromatic N) is 1. The molecular weight excluding hydrogens is 234 g/mol. The van der Waals surface area contributed by atoms with Gasteiger partial charge in [-0.05, 0) is 19.4 Å². The Labute approximate surface area is 120 Å². The van der Waals surface area contributed by atoms with Crippen molar-refractivity contribution in [2.24, 2.45) is 0 Å². The van der Waals surface area contributed by atoms with E-state index in [9.17, 15) is 5.11 Å². The Bertz CT molecular complexity index is 211. The molecule has 1 rings (SSSR count). The van der Waals surface area contributed by atoms with E-state index in [1.165, 1.54) is 70.8 Å². The minimum Gasteiger partial charge on any atom is -0.387 e. The van der Waals surface area contributed by atoms with Crippen LogP contribution in [0.1, 0.15) is 84.5 Å². The Morgan fingerprint density at radius 3 is 1.74 bits per heavy atom. The van der Waals surface area contributed by atoms with Crippen molar-refractivity contribution in [3.05, 3.63) is 0 Å². The van der Waals surface area contributed by atoms with Crippen LogP contribution in [0.15, 0.2) is 0 Å². The highest BCUT2D eigenvalue weighted by molar-refractivity contribution is 4.93. The molecule has 19 heavy (non-hydrogen) atoms.